The average Bonchev–Trinajstić information content (AvgIpc) is 2.99. The van der Waals surface area contributed by atoms with E-state index in [2.05, 4.69) is 46.3 Å². The van der Waals surface area contributed by atoms with Crippen molar-refractivity contribution in [1.82, 2.24) is 15.1 Å². The summed E-state index contributed by atoms with van der Waals surface area (Å²) in [5.41, 5.74) is 2.42. The van der Waals surface area contributed by atoms with Crippen LogP contribution < -0.4 is 5.32 Å². The van der Waals surface area contributed by atoms with Crippen LogP contribution in [-0.4, -0.2) is 48.1 Å². The highest BCUT2D eigenvalue weighted by Crippen LogP contribution is 2.20. The van der Waals surface area contributed by atoms with Gasteiger partial charge in [0.25, 0.3) is 0 Å². The molecular weight excluding hydrogens is 298 g/mol. The molecule has 0 saturated carbocycles. The van der Waals surface area contributed by atoms with E-state index in [1.165, 1.54) is 49.9 Å². The van der Waals surface area contributed by atoms with Gasteiger partial charge in [0, 0.05) is 25.7 Å². The Hall–Kier alpha value is -1.55. The third-order valence-corrected chi connectivity index (χ3v) is 5.37. The monoisotopic (exact) mass is 329 g/mol. The molecule has 24 heavy (non-hydrogen) atoms. The van der Waals surface area contributed by atoms with Crippen LogP contribution in [0.2, 0.25) is 0 Å². The number of hydrogen-bond donors (Lipinski definition) is 1. The lowest BCUT2D eigenvalue weighted by Gasteiger charge is -2.33. The molecule has 2 fully saturated rings. The number of benzene rings is 1. The Morgan fingerprint density at radius 1 is 1.04 bits per heavy atom. The quantitative estimate of drug-likeness (QED) is 0.917. The lowest BCUT2D eigenvalue weighted by atomic mass is 10.1. The first-order valence-electron chi connectivity index (χ1n) is 9.55. The normalized spacial score (nSPS) is 22.4. The molecule has 3 rings (SSSR count). The van der Waals surface area contributed by atoms with Gasteiger partial charge in [-0.1, -0.05) is 42.7 Å². The first-order chi connectivity index (χ1) is 11.7. The molecule has 0 radical (unpaired) electrons. The zero-order valence-corrected chi connectivity index (χ0v) is 15.0. The number of aryl methyl sites for hydroxylation is 1. The van der Waals surface area contributed by atoms with Gasteiger partial charge < -0.3 is 15.1 Å². The summed E-state index contributed by atoms with van der Waals surface area (Å²) >= 11 is 0. The maximum Gasteiger partial charge on any atom is 0.317 e. The van der Waals surface area contributed by atoms with E-state index in [4.69, 9.17) is 0 Å². The van der Waals surface area contributed by atoms with Crippen LogP contribution in [0.1, 0.15) is 49.7 Å². The number of amides is 2. The fourth-order valence-corrected chi connectivity index (χ4v) is 3.88. The fourth-order valence-electron chi connectivity index (χ4n) is 3.88. The average molecular weight is 329 g/mol. The largest absolute Gasteiger partial charge is 0.334 e. The van der Waals surface area contributed by atoms with Crippen molar-refractivity contribution < 1.29 is 4.79 Å². The van der Waals surface area contributed by atoms with E-state index in [0.717, 1.165) is 25.9 Å². The van der Waals surface area contributed by atoms with E-state index in [1.807, 2.05) is 0 Å². The highest BCUT2D eigenvalue weighted by molar-refractivity contribution is 5.74. The Kier molecular flexibility index (Phi) is 6.13. The predicted octanol–water partition coefficient (Wildman–Crippen LogP) is 3.55. The Bertz CT molecular complexity index is 522. The molecule has 2 aliphatic rings. The van der Waals surface area contributed by atoms with Gasteiger partial charge in [-0.05, 0) is 51.3 Å². The Morgan fingerprint density at radius 3 is 2.50 bits per heavy atom. The second-order valence-corrected chi connectivity index (χ2v) is 7.35. The highest BCUT2D eigenvalue weighted by Gasteiger charge is 2.27. The predicted molar refractivity (Wildman–Crippen MR) is 98.1 cm³/mol. The first-order valence-corrected chi connectivity index (χ1v) is 9.55. The molecule has 2 saturated heterocycles. The van der Waals surface area contributed by atoms with Gasteiger partial charge in [0.15, 0.2) is 0 Å². The molecule has 4 nitrogen and oxygen atoms in total. The van der Waals surface area contributed by atoms with Gasteiger partial charge in [-0.25, -0.2) is 4.79 Å². The lowest BCUT2D eigenvalue weighted by Crippen LogP contribution is -2.49. The van der Waals surface area contributed by atoms with Crippen molar-refractivity contribution in [2.75, 3.05) is 26.2 Å². The van der Waals surface area contributed by atoms with Gasteiger partial charge in [-0.3, -0.25) is 0 Å². The molecule has 1 atom stereocenters. The molecule has 132 valence electrons. The van der Waals surface area contributed by atoms with Crippen molar-refractivity contribution in [3.8, 4) is 0 Å². The summed E-state index contributed by atoms with van der Waals surface area (Å²) < 4.78 is 0. The number of carbonyl (C=O) groups excluding carboxylic acids is 1. The van der Waals surface area contributed by atoms with E-state index < -0.39 is 0 Å². The minimum Gasteiger partial charge on any atom is -0.334 e. The van der Waals surface area contributed by atoms with Gasteiger partial charge in [0.05, 0.1) is 0 Å². The zero-order chi connectivity index (χ0) is 16.8. The van der Waals surface area contributed by atoms with E-state index in [-0.39, 0.29) is 6.03 Å². The van der Waals surface area contributed by atoms with E-state index in [9.17, 15) is 4.79 Å². The molecule has 1 unspecified atom stereocenters. The minimum absolute atomic E-state index is 0.113. The van der Waals surface area contributed by atoms with Gasteiger partial charge in [0.1, 0.15) is 0 Å². The van der Waals surface area contributed by atoms with Gasteiger partial charge in [-0.2, -0.15) is 0 Å². The second-order valence-electron chi connectivity index (χ2n) is 7.35. The fraction of sp³-hybridized carbons (Fsp3) is 0.650. The Balaban J connectivity index is 1.57. The molecule has 0 spiro atoms. The van der Waals surface area contributed by atoms with Crippen molar-refractivity contribution in [2.24, 2.45) is 0 Å². The molecule has 2 aliphatic heterocycles. The molecule has 1 N–H and O–H groups in total. The summed E-state index contributed by atoms with van der Waals surface area (Å²) in [6.45, 7) is 7.06. The molecule has 0 aromatic heterocycles. The van der Waals surface area contributed by atoms with Crippen LogP contribution in [0.5, 0.6) is 0 Å². The van der Waals surface area contributed by atoms with Gasteiger partial charge in [0.2, 0.25) is 0 Å². The Labute approximate surface area is 146 Å². The number of carbonyl (C=O) groups is 1. The van der Waals surface area contributed by atoms with Gasteiger partial charge >= 0.3 is 6.03 Å². The number of nitrogens with one attached hydrogen (secondary N) is 1. The van der Waals surface area contributed by atoms with Crippen LogP contribution >= 0.6 is 0 Å². The summed E-state index contributed by atoms with van der Waals surface area (Å²) in [7, 11) is 0. The summed E-state index contributed by atoms with van der Waals surface area (Å²) in [6, 6.07) is 8.89. The molecule has 2 heterocycles. The SMILES string of the molecule is Cc1ccc(CNC(=O)N2CCCCCC2CN2CCCC2)cc1. The van der Waals surface area contributed by atoms with Crippen molar-refractivity contribution in [2.45, 2.75) is 58.0 Å². The topological polar surface area (TPSA) is 35.6 Å². The van der Waals surface area contributed by atoms with Crippen LogP contribution in [0.25, 0.3) is 0 Å². The number of rotatable bonds is 4. The molecule has 1 aromatic carbocycles. The molecule has 0 aliphatic carbocycles. The van der Waals surface area contributed by atoms with Crippen molar-refractivity contribution in [1.29, 1.82) is 0 Å². The van der Waals surface area contributed by atoms with Crippen LogP contribution in [0.3, 0.4) is 0 Å². The summed E-state index contributed by atoms with van der Waals surface area (Å²) in [6.07, 6.45) is 7.40. The third-order valence-electron chi connectivity index (χ3n) is 5.37. The van der Waals surface area contributed by atoms with Crippen LogP contribution in [0.15, 0.2) is 24.3 Å². The minimum atomic E-state index is 0.113. The van der Waals surface area contributed by atoms with E-state index in [1.54, 1.807) is 0 Å². The number of likely N-dealkylation sites (tertiary alicyclic amines) is 2. The maximum atomic E-state index is 12.8. The molecule has 0 bridgehead atoms. The lowest BCUT2D eigenvalue weighted by molar-refractivity contribution is 0.153. The maximum absolute atomic E-state index is 12.8. The third kappa shape index (κ3) is 4.73. The smallest absolute Gasteiger partial charge is 0.317 e. The standard InChI is InChI=1S/C20H31N3O/c1-17-8-10-18(11-9-17)15-21-20(24)23-14-4-2-3-7-19(23)16-22-12-5-6-13-22/h8-11,19H,2-7,12-16H2,1H3,(H,21,24). The van der Waals surface area contributed by atoms with Crippen LogP contribution in [-0.2, 0) is 6.54 Å². The summed E-state index contributed by atoms with van der Waals surface area (Å²) in [5, 5.41) is 3.14. The van der Waals surface area contributed by atoms with Crippen molar-refractivity contribution in [3.63, 3.8) is 0 Å². The van der Waals surface area contributed by atoms with Crippen LogP contribution in [0, 0.1) is 6.92 Å². The summed E-state index contributed by atoms with van der Waals surface area (Å²) in [5.74, 6) is 0. The van der Waals surface area contributed by atoms with E-state index >= 15 is 0 Å². The highest BCUT2D eigenvalue weighted by atomic mass is 16.2. The second kappa shape index (κ2) is 8.52. The molecule has 1 aromatic rings. The van der Waals surface area contributed by atoms with Crippen molar-refractivity contribution >= 4 is 6.03 Å². The number of urea groups is 1. The first kappa shape index (κ1) is 17.3. The van der Waals surface area contributed by atoms with E-state index in [0.29, 0.717) is 12.6 Å². The molecule has 4 heteroatoms. The molecule has 2 amide bonds. The molecular formula is C20H31N3O. The van der Waals surface area contributed by atoms with Crippen molar-refractivity contribution in [3.05, 3.63) is 35.4 Å². The van der Waals surface area contributed by atoms with Gasteiger partial charge in [-0.15, -0.1) is 0 Å². The van der Waals surface area contributed by atoms with Crippen LogP contribution in [0.4, 0.5) is 4.79 Å². The Morgan fingerprint density at radius 2 is 1.75 bits per heavy atom. The summed E-state index contributed by atoms with van der Waals surface area (Å²) in [4.78, 5) is 17.4. The zero-order valence-electron chi connectivity index (χ0n) is 15.0. The number of nitrogens with zero attached hydrogens (tertiary/aromatic N) is 2. The number of hydrogen-bond acceptors (Lipinski definition) is 2.